The van der Waals surface area contributed by atoms with Crippen LogP contribution >= 0.6 is 0 Å². The summed E-state index contributed by atoms with van der Waals surface area (Å²) < 4.78 is 5.44. The third kappa shape index (κ3) is 5.13. The van der Waals surface area contributed by atoms with Gasteiger partial charge in [-0.1, -0.05) is 0 Å². The molecule has 1 aliphatic heterocycles. The van der Waals surface area contributed by atoms with Crippen molar-refractivity contribution in [2.24, 2.45) is 0 Å². The number of anilines is 1. The van der Waals surface area contributed by atoms with Crippen molar-refractivity contribution in [3.8, 4) is 5.75 Å². The van der Waals surface area contributed by atoms with Crippen LogP contribution in [0.15, 0.2) is 24.3 Å². The highest BCUT2D eigenvalue weighted by atomic mass is 16.6. The van der Waals surface area contributed by atoms with Gasteiger partial charge < -0.3 is 20.1 Å². The van der Waals surface area contributed by atoms with E-state index < -0.39 is 5.60 Å². The molecule has 0 bridgehead atoms. The Kier molecular flexibility index (Phi) is 5.16. The molecule has 0 aromatic heterocycles. The topological polar surface area (TPSA) is 61.8 Å². The molecule has 1 aliphatic rings. The van der Waals surface area contributed by atoms with Gasteiger partial charge in [0.1, 0.15) is 11.4 Å². The Balaban J connectivity index is 1.87. The first-order valence-corrected chi connectivity index (χ1v) is 7.87. The van der Waals surface area contributed by atoms with E-state index in [0.717, 1.165) is 31.5 Å². The number of aromatic hydroxyl groups is 1. The summed E-state index contributed by atoms with van der Waals surface area (Å²) >= 11 is 0. The van der Waals surface area contributed by atoms with Gasteiger partial charge in [0.05, 0.1) is 0 Å². The van der Waals surface area contributed by atoms with Crippen LogP contribution in [-0.4, -0.2) is 40.8 Å². The Morgan fingerprint density at radius 1 is 1.23 bits per heavy atom. The van der Waals surface area contributed by atoms with Crippen molar-refractivity contribution in [2.75, 3.05) is 18.4 Å². The van der Waals surface area contributed by atoms with E-state index in [1.54, 1.807) is 17.0 Å². The predicted molar refractivity (Wildman–Crippen MR) is 87.2 cm³/mol. The second-order valence-corrected chi connectivity index (χ2v) is 6.79. The van der Waals surface area contributed by atoms with Gasteiger partial charge in [-0.25, -0.2) is 4.79 Å². The quantitative estimate of drug-likeness (QED) is 0.820. The van der Waals surface area contributed by atoms with Crippen LogP contribution in [0.4, 0.5) is 10.5 Å². The molecular formula is C17H26N2O3. The van der Waals surface area contributed by atoms with Gasteiger partial charge in [0, 0.05) is 24.8 Å². The van der Waals surface area contributed by atoms with Crippen molar-refractivity contribution in [3.05, 3.63) is 24.3 Å². The fourth-order valence-electron chi connectivity index (χ4n) is 2.54. The minimum atomic E-state index is -0.451. The summed E-state index contributed by atoms with van der Waals surface area (Å²) in [6.07, 6.45) is 2.63. The molecule has 1 atom stereocenters. The number of nitrogens with zero attached hydrogens (tertiary/aromatic N) is 1. The van der Waals surface area contributed by atoms with Crippen molar-refractivity contribution < 1.29 is 14.6 Å². The van der Waals surface area contributed by atoms with Crippen molar-refractivity contribution in [3.63, 3.8) is 0 Å². The highest BCUT2D eigenvalue weighted by Crippen LogP contribution is 2.20. The van der Waals surface area contributed by atoms with E-state index in [2.05, 4.69) is 5.32 Å². The van der Waals surface area contributed by atoms with Gasteiger partial charge in [-0.15, -0.1) is 0 Å². The van der Waals surface area contributed by atoms with Crippen LogP contribution in [0.3, 0.4) is 0 Å². The Bertz CT molecular complexity index is 494. The van der Waals surface area contributed by atoms with Crippen LogP contribution < -0.4 is 5.32 Å². The van der Waals surface area contributed by atoms with Crippen molar-refractivity contribution >= 4 is 11.8 Å². The lowest BCUT2D eigenvalue weighted by Crippen LogP contribution is -2.37. The number of hydrogen-bond donors (Lipinski definition) is 2. The number of likely N-dealkylation sites (tertiary alicyclic amines) is 1. The van der Waals surface area contributed by atoms with Gasteiger partial charge in [-0.3, -0.25) is 0 Å². The first-order valence-electron chi connectivity index (χ1n) is 7.87. The number of hydrogen-bond acceptors (Lipinski definition) is 4. The number of rotatable bonds is 2. The lowest BCUT2D eigenvalue weighted by molar-refractivity contribution is 0.0256. The highest BCUT2D eigenvalue weighted by Gasteiger charge is 2.25. The van der Waals surface area contributed by atoms with E-state index in [0.29, 0.717) is 12.6 Å². The average molecular weight is 306 g/mol. The molecule has 0 aliphatic carbocycles. The standard InChI is InChI=1S/C17H26N2O3/c1-17(2,3)22-16(21)19-11-4-5-13(10-12-19)18-14-6-8-15(20)9-7-14/h6-9,13,18,20H,4-5,10-12H2,1-3H3. The Morgan fingerprint density at radius 2 is 1.91 bits per heavy atom. The molecule has 2 N–H and O–H groups in total. The molecule has 5 heteroatoms. The number of benzene rings is 1. The molecule has 1 saturated heterocycles. The number of carbonyl (C=O) groups is 1. The summed E-state index contributed by atoms with van der Waals surface area (Å²) in [6.45, 7) is 7.10. The molecule has 0 saturated carbocycles. The van der Waals surface area contributed by atoms with E-state index in [-0.39, 0.29) is 11.8 Å². The molecule has 22 heavy (non-hydrogen) atoms. The maximum Gasteiger partial charge on any atom is 0.410 e. The average Bonchev–Trinajstić information content (AvgIpc) is 2.65. The number of carbonyl (C=O) groups excluding carboxylic acids is 1. The van der Waals surface area contributed by atoms with Gasteiger partial charge in [-0.05, 0) is 64.3 Å². The molecule has 0 radical (unpaired) electrons. The fourth-order valence-corrected chi connectivity index (χ4v) is 2.54. The van der Waals surface area contributed by atoms with Crippen LogP contribution in [0, 0.1) is 0 Å². The van der Waals surface area contributed by atoms with E-state index in [1.807, 2.05) is 32.9 Å². The first-order chi connectivity index (χ1) is 10.3. The van der Waals surface area contributed by atoms with Crippen molar-refractivity contribution in [2.45, 2.75) is 51.7 Å². The van der Waals surface area contributed by atoms with Crippen molar-refractivity contribution in [1.29, 1.82) is 0 Å². The summed E-state index contributed by atoms with van der Waals surface area (Å²) in [5.41, 5.74) is 0.543. The Morgan fingerprint density at radius 3 is 2.55 bits per heavy atom. The molecule has 1 amide bonds. The first kappa shape index (κ1) is 16.5. The summed E-state index contributed by atoms with van der Waals surface area (Å²) in [6, 6.07) is 7.41. The minimum Gasteiger partial charge on any atom is -0.508 e. The van der Waals surface area contributed by atoms with Crippen LogP contribution in [0.1, 0.15) is 40.0 Å². The maximum atomic E-state index is 12.1. The lowest BCUT2D eigenvalue weighted by atomic mass is 10.1. The molecule has 5 nitrogen and oxygen atoms in total. The lowest BCUT2D eigenvalue weighted by Gasteiger charge is -2.26. The number of phenolic OH excluding ortho intramolecular Hbond substituents is 1. The zero-order valence-electron chi connectivity index (χ0n) is 13.6. The summed E-state index contributed by atoms with van der Waals surface area (Å²) in [7, 11) is 0. The maximum absolute atomic E-state index is 12.1. The van der Waals surface area contributed by atoms with E-state index in [9.17, 15) is 9.90 Å². The zero-order chi connectivity index (χ0) is 16.2. The van der Waals surface area contributed by atoms with Crippen LogP contribution in [0.5, 0.6) is 5.75 Å². The molecule has 1 aromatic carbocycles. The van der Waals surface area contributed by atoms with Crippen LogP contribution in [-0.2, 0) is 4.74 Å². The van der Waals surface area contributed by atoms with Crippen LogP contribution in [0.25, 0.3) is 0 Å². The second kappa shape index (κ2) is 6.90. The third-order valence-electron chi connectivity index (χ3n) is 3.62. The molecule has 2 rings (SSSR count). The number of nitrogens with one attached hydrogen (secondary N) is 1. The predicted octanol–water partition coefficient (Wildman–Crippen LogP) is 3.59. The molecule has 1 aromatic rings. The van der Waals surface area contributed by atoms with Crippen LogP contribution in [0.2, 0.25) is 0 Å². The Hall–Kier alpha value is -1.91. The second-order valence-electron chi connectivity index (χ2n) is 6.79. The van der Waals surface area contributed by atoms with E-state index in [4.69, 9.17) is 4.74 Å². The molecule has 1 unspecified atom stereocenters. The van der Waals surface area contributed by atoms with Crippen molar-refractivity contribution in [1.82, 2.24) is 4.90 Å². The fraction of sp³-hybridized carbons (Fsp3) is 0.588. The molecular weight excluding hydrogens is 280 g/mol. The monoisotopic (exact) mass is 306 g/mol. The third-order valence-corrected chi connectivity index (χ3v) is 3.62. The Labute approximate surface area is 132 Å². The van der Waals surface area contributed by atoms with Gasteiger partial charge in [0.15, 0.2) is 0 Å². The summed E-state index contributed by atoms with van der Waals surface area (Å²) in [4.78, 5) is 13.9. The summed E-state index contributed by atoms with van der Waals surface area (Å²) in [5.74, 6) is 0.266. The number of amides is 1. The normalized spacial score (nSPS) is 19.4. The minimum absolute atomic E-state index is 0.224. The zero-order valence-corrected chi connectivity index (χ0v) is 13.6. The smallest absolute Gasteiger partial charge is 0.410 e. The van der Waals surface area contributed by atoms with E-state index in [1.165, 1.54) is 0 Å². The van der Waals surface area contributed by atoms with Gasteiger partial charge >= 0.3 is 6.09 Å². The summed E-state index contributed by atoms with van der Waals surface area (Å²) in [5, 5.41) is 12.8. The molecule has 1 fully saturated rings. The largest absolute Gasteiger partial charge is 0.508 e. The molecule has 0 spiro atoms. The molecule has 1 heterocycles. The number of ether oxygens (including phenoxy) is 1. The SMILES string of the molecule is CC(C)(C)OC(=O)N1CCCC(Nc2ccc(O)cc2)CC1. The van der Waals surface area contributed by atoms with Gasteiger partial charge in [-0.2, -0.15) is 0 Å². The van der Waals surface area contributed by atoms with E-state index >= 15 is 0 Å². The van der Waals surface area contributed by atoms with Gasteiger partial charge in [0.2, 0.25) is 0 Å². The highest BCUT2D eigenvalue weighted by molar-refractivity contribution is 5.68. The number of phenols is 1. The molecule has 122 valence electrons. The van der Waals surface area contributed by atoms with Gasteiger partial charge in [0.25, 0.3) is 0 Å².